The number of hydrogen-bond acceptors (Lipinski definition) is 3. The molecule has 5 nitrogen and oxygen atoms in total. The first-order valence-electron chi connectivity index (χ1n) is 5.96. The van der Waals surface area contributed by atoms with Crippen LogP contribution in [0.25, 0.3) is 0 Å². The summed E-state index contributed by atoms with van der Waals surface area (Å²) < 4.78 is 0. The second kappa shape index (κ2) is 5.76. The highest BCUT2D eigenvalue weighted by molar-refractivity contribution is 6.00. The van der Waals surface area contributed by atoms with Gasteiger partial charge in [0.15, 0.2) is 0 Å². The van der Waals surface area contributed by atoms with Crippen molar-refractivity contribution in [3.8, 4) is 11.8 Å². The van der Waals surface area contributed by atoms with Gasteiger partial charge in [0.2, 0.25) is 0 Å². The van der Waals surface area contributed by atoms with E-state index in [1.165, 1.54) is 0 Å². The largest absolute Gasteiger partial charge is 0.506 e. The maximum absolute atomic E-state index is 11.8. The minimum Gasteiger partial charge on any atom is -0.506 e. The second-order valence-corrected chi connectivity index (χ2v) is 4.29. The molecule has 0 saturated heterocycles. The van der Waals surface area contributed by atoms with Crippen LogP contribution >= 0.6 is 0 Å². The maximum Gasteiger partial charge on any atom is 0.323 e. The zero-order valence-corrected chi connectivity index (χ0v) is 10.8. The molecule has 5 heteroatoms. The van der Waals surface area contributed by atoms with Crippen molar-refractivity contribution >= 4 is 17.4 Å². The van der Waals surface area contributed by atoms with E-state index in [-0.39, 0.29) is 5.75 Å². The summed E-state index contributed by atoms with van der Waals surface area (Å²) in [6, 6.07) is 13.0. The molecule has 0 spiro atoms. The van der Waals surface area contributed by atoms with E-state index >= 15 is 0 Å². The molecule has 2 aromatic rings. The van der Waals surface area contributed by atoms with Crippen LogP contribution in [0.2, 0.25) is 0 Å². The molecule has 0 saturated carbocycles. The van der Waals surface area contributed by atoms with Crippen LogP contribution in [0.4, 0.5) is 16.2 Å². The van der Waals surface area contributed by atoms with E-state index in [1.54, 1.807) is 42.5 Å². The van der Waals surface area contributed by atoms with Gasteiger partial charge in [-0.2, -0.15) is 5.26 Å². The number of amides is 2. The van der Waals surface area contributed by atoms with Gasteiger partial charge >= 0.3 is 6.03 Å². The van der Waals surface area contributed by atoms with Crippen LogP contribution in [-0.2, 0) is 0 Å². The molecule has 3 N–H and O–H groups in total. The number of phenols is 1. The molecule has 0 radical (unpaired) electrons. The zero-order chi connectivity index (χ0) is 14.5. The Bertz CT molecular complexity index is 673. The third-order valence-corrected chi connectivity index (χ3v) is 2.67. The van der Waals surface area contributed by atoms with Crippen molar-refractivity contribution in [3.63, 3.8) is 0 Å². The highest BCUT2D eigenvalue weighted by atomic mass is 16.3. The van der Waals surface area contributed by atoms with E-state index in [2.05, 4.69) is 10.6 Å². The van der Waals surface area contributed by atoms with Crippen LogP contribution in [0.5, 0.6) is 5.75 Å². The summed E-state index contributed by atoms with van der Waals surface area (Å²) in [5.74, 6) is 0.0139. The summed E-state index contributed by atoms with van der Waals surface area (Å²) in [4.78, 5) is 11.8. The van der Waals surface area contributed by atoms with Gasteiger partial charge in [0.05, 0.1) is 17.3 Å². The first-order valence-corrected chi connectivity index (χ1v) is 5.96. The number of benzene rings is 2. The molecule has 0 unspecified atom stereocenters. The molecule has 2 aromatic carbocycles. The minimum absolute atomic E-state index is 0.0139. The fourth-order valence-corrected chi connectivity index (χ4v) is 1.66. The summed E-state index contributed by atoms with van der Waals surface area (Å²) in [5, 5.41) is 23.5. The highest BCUT2D eigenvalue weighted by Crippen LogP contribution is 2.24. The second-order valence-electron chi connectivity index (χ2n) is 4.29. The van der Waals surface area contributed by atoms with Crippen molar-refractivity contribution < 1.29 is 9.90 Å². The van der Waals surface area contributed by atoms with Gasteiger partial charge in [-0.1, -0.05) is 6.07 Å². The molecule has 0 aromatic heterocycles. The zero-order valence-electron chi connectivity index (χ0n) is 10.8. The Kier molecular flexibility index (Phi) is 3.87. The Hall–Kier alpha value is -3.00. The van der Waals surface area contributed by atoms with Gasteiger partial charge in [-0.25, -0.2) is 4.79 Å². The number of nitrogens with zero attached hydrogens (tertiary/aromatic N) is 1. The number of carbonyl (C=O) groups excluding carboxylic acids is 1. The lowest BCUT2D eigenvalue weighted by Gasteiger charge is -2.09. The number of phenolic OH excluding ortho intramolecular Hbond substituents is 1. The van der Waals surface area contributed by atoms with Crippen molar-refractivity contribution in [1.82, 2.24) is 0 Å². The molecule has 0 heterocycles. The standard InChI is InChI=1S/C15H13N3O2/c1-10-2-7-13(14(19)8-10)18-15(20)17-12-5-3-11(9-16)4-6-12/h2-8,19H,1H3,(H2,17,18,20). The summed E-state index contributed by atoms with van der Waals surface area (Å²) in [6.45, 7) is 1.85. The van der Waals surface area contributed by atoms with Crippen LogP contribution in [0.1, 0.15) is 11.1 Å². The normalized spacial score (nSPS) is 9.60. The van der Waals surface area contributed by atoms with Crippen LogP contribution in [0, 0.1) is 18.3 Å². The lowest BCUT2D eigenvalue weighted by atomic mass is 10.2. The lowest BCUT2D eigenvalue weighted by Crippen LogP contribution is -2.19. The monoisotopic (exact) mass is 267 g/mol. The molecule has 20 heavy (non-hydrogen) atoms. The lowest BCUT2D eigenvalue weighted by molar-refractivity contribution is 0.262. The fourth-order valence-electron chi connectivity index (χ4n) is 1.66. The van der Waals surface area contributed by atoms with E-state index in [0.717, 1.165) is 5.56 Å². The van der Waals surface area contributed by atoms with Crippen molar-refractivity contribution in [2.75, 3.05) is 10.6 Å². The number of anilines is 2. The molecule has 0 aliphatic carbocycles. The number of rotatable bonds is 2. The average Bonchev–Trinajstić information content (AvgIpc) is 2.43. The number of hydrogen-bond donors (Lipinski definition) is 3. The molecule has 0 fully saturated rings. The fraction of sp³-hybridized carbons (Fsp3) is 0.0667. The van der Waals surface area contributed by atoms with Gasteiger partial charge in [-0.15, -0.1) is 0 Å². The van der Waals surface area contributed by atoms with Crippen LogP contribution in [-0.4, -0.2) is 11.1 Å². The Morgan fingerprint density at radius 3 is 2.45 bits per heavy atom. The molecule has 0 atom stereocenters. The number of nitrogens with one attached hydrogen (secondary N) is 2. The SMILES string of the molecule is Cc1ccc(NC(=O)Nc2ccc(C#N)cc2)c(O)c1. The summed E-state index contributed by atoms with van der Waals surface area (Å²) >= 11 is 0. The first-order chi connectivity index (χ1) is 9.58. The number of carbonyl (C=O) groups is 1. The van der Waals surface area contributed by atoms with Crippen molar-refractivity contribution in [3.05, 3.63) is 53.6 Å². The third-order valence-electron chi connectivity index (χ3n) is 2.67. The predicted molar refractivity (Wildman–Crippen MR) is 76.6 cm³/mol. The minimum atomic E-state index is -0.464. The Labute approximate surface area is 116 Å². The quantitative estimate of drug-likeness (QED) is 0.730. The van der Waals surface area contributed by atoms with E-state index in [4.69, 9.17) is 5.26 Å². The van der Waals surface area contributed by atoms with Crippen LogP contribution in [0.15, 0.2) is 42.5 Å². The van der Waals surface area contributed by atoms with Crippen LogP contribution in [0.3, 0.4) is 0 Å². The van der Waals surface area contributed by atoms with E-state index in [1.807, 2.05) is 13.0 Å². The highest BCUT2D eigenvalue weighted by Gasteiger charge is 2.06. The van der Waals surface area contributed by atoms with Gasteiger partial charge in [-0.05, 0) is 48.9 Å². The summed E-state index contributed by atoms with van der Waals surface area (Å²) in [5.41, 5.74) is 2.32. The van der Waals surface area contributed by atoms with Crippen molar-refractivity contribution in [2.45, 2.75) is 6.92 Å². The number of nitriles is 1. The molecule has 0 bridgehead atoms. The summed E-state index contributed by atoms with van der Waals surface area (Å²) in [7, 11) is 0. The molecule has 2 rings (SSSR count). The Balaban J connectivity index is 2.03. The number of urea groups is 1. The average molecular weight is 267 g/mol. The topological polar surface area (TPSA) is 85.2 Å². The molecule has 100 valence electrons. The van der Waals surface area contributed by atoms with Gasteiger partial charge in [0.25, 0.3) is 0 Å². The first kappa shape index (κ1) is 13.4. The van der Waals surface area contributed by atoms with Crippen molar-refractivity contribution in [2.24, 2.45) is 0 Å². The van der Waals surface area contributed by atoms with E-state index in [9.17, 15) is 9.90 Å². The molecule has 0 aliphatic rings. The third kappa shape index (κ3) is 3.27. The number of aromatic hydroxyl groups is 1. The molecule has 2 amide bonds. The molecular weight excluding hydrogens is 254 g/mol. The van der Waals surface area contributed by atoms with E-state index < -0.39 is 6.03 Å². The summed E-state index contributed by atoms with van der Waals surface area (Å²) in [6.07, 6.45) is 0. The van der Waals surface area contributed by atoms with Gasteiger partial charge in [0, 0.05) is 5.69 Å². The van der Waals surface area contributed by atoms with Gasteiger partial charge < -0.3 is 15.7 Å². The maximum atomic E-state index is 11.8. The van der Waals surface area contributed by atoms with Gasteiger partial charge in [0.1, 0.15) is 5.75 Å². The molecule has 0 aliphatic heterocycles. The number of aryl methyl sites for hydroxylation is 1. The predicted octanol–water partition coefficient (Wildman–Crippen LogP) is 3.22. The van der Waals surface area contributed by atoms with Gasteiger partial charge in [-0.3, -0.25) is 0 Å². The Morgan fingerprint density at radius 1 is 1.15 bits per heavy atom. The smallest absolute Gasteiger partial charge is 0.323 e. The Morgan fingerprint density at radius 2 is 1.85 bits per heavy atom. The molecular formula is C15H13N3O2. The van der Waals surface area contributed by atoms with Crippen LogP contribution < -0.4 is 10.6 Å². The van der Waals surface area contributed by atoms with E-state index in [0.29, 0.717) is 16.9 Å². The van der Waals surface area contributed by atoms with Crippen molar-refractivity contribution in [1.29, 1.82) is 5.26 Å².